The van der Waals surface area contributed by atoms with Gasteiger partial charge in [0, 0.05) is 23.7 Å². The maximum absolute atomic E-state index is 12.6. The fraction of sp³-hybridized carbons (Fsp3) is 0.263. The first-order valence-electron chi connectivity index (χ1n) is 9.17. The molecule has 0 radical (unpaired) electrons. The first-order valence-corrected chi connectivity index (χ1v) is 11.0. The number of amides is 1. The van der Waals surface area contributed by atoms with E-state index in [1.165, 1.54) is 4.31 Å². The minimum absolute atomic E-state index is 0.276. The van der Waals surface area contributed by atoms with Gasteiger partial charge in [0.15, 0.2) is 0 Å². The van der Waals surface area contributed by atoms with Crippen LogP contribution < -0.4 is 14.3 Å². The number of nitrogens with one attached hydrogen (secondary N) is 3. The van der Waals surface area contributed by atoms with E-state index in [-0.39, 0.29) is 11.9 Å². The quantitative estimate of drug-likeness (QED) is 0.588. The summed E-state index contributed by atoms with van der Waals surface area (Å²) in [4.78, 5) is 20.2. The lowest BCUT2D eigenvalue weighted by Crippen LogP contribution is -2.47. The van der Waals surface area contributed by atoms with Crippen molar-refractivity contribution in [1.29, 1.82) is 0 Å². The lowest BCUT2D eigenvalue weighted by molar-refractivity contribution is 0.0938. The molecule has 1 aliphatic rings. The van der Waals surface area contributed by atoms with E-state index >= 15 is 0 Å². The third-order valence-electron chi connectivity index (χ3n) is 4.75. The third kappa shape index (κ3) is 4.07. The Balaban J connectivity index is 1.47. The molecule has 4 rings (SSSR count). The van der Waals surface area contributed by atoms with Crippen LogP contribution in [0.1, 0.15) is 35.6 Å². The number of hydrogen-bond acceptors (Lipinski definition) is 4. The van der Waals surface area contributed by atoms with Crippen molar-refractivity contribution >= 4 is 44.4 Å². The summed E-state index contributed by atoms with van der Waals surface area (Å²) in [5.41, 5.74) is 2.53. The topological polar surface area (TPSA) is 107 Å². The molecule has 0 saturated carbocycles. The van der Waals surface area contributed by atoms with Crippen molar-refractivity contribution in [3.8, 4) is 0 Å². The van der Waals surface area contributed by atoms with E-state index in [2.05, 4.69) is 20.0 Å². The van der Waals surface area contributed by atoms with E-state index in [0.717, 1.165) is 17.5 Å². The minimum atomic E-state index is -3.52. The molecule has 1 fully saturated rings. The maximum atomic E-state index is 12.6. The number of anilines is 1. The number of carbonyl (C=O) groups is 1. The zero-order valence-corrected chi connectivity index (χ0v) is 17.2. The molecule has 0 aliphatic carbocycles. The molecular weight excluding hydrogens is 414 g/mol. The standard InChI is InChI=1S/C19H20ClN5O3S/c1-12(18-23-16-8-5-14(20)11-17(16)24-18)22-19(26)13-3-6-15(7-4-13)25-10-2-9-21-29(25,27)28/h3-8,11-12,21H,2,9-10H2,1H3,(H,22,26)(H,23,24)/t12-/m0/s1. The average Bonchev–Trinajstić information content (AvgIpc) is 3.11. The summed E-state index contributed by atoms with van der Waals surface area (Å²) in [6, 6.07) is 11.5. The maximum Gasteiger partial charge on any atom is 0.301 e. The second-order valence-corrected chi connectivity index (χ2v) is 8.97. The number of nitrogens with zero attached hydrogens (tertiary/aromatic N) is 2. The Kier molecular flexibility index (Phi) is 5.20. The first-order chi connectivity index (χ1) is 13.8. The zero-order valence-electron chi connectivity index (χ0n) is 15.6. The summed E-state index contributed by atoms with van der Waals surface area (Å²) in [7, 11) is -3.52. The van der Waals surface area contributed by atoms with Crippen molar-refractivity contribution in [2.75, 3.05) is 17.4 Å². The largest absolute Gasteiger partial charge is 0.342 e. The molecule has 152 valence electrons. The third-order valence-corrected chi connectivity index (χ3v) is 6.53. The number of aromatic nitrogens is 2. The predicted molar refractivity (Wildman–Crippen MR) is 112 cm³/mol. The predicted octanol–water partition coefficient (Wildman–Crippen LogP) is 2.75. The number of aromatic amines is 1. The van der Waals surface area contributed by atoms with Crippen LogP contribution in [-0.4, -0.2) is 37.4 Å². The van der Waals surface area contributed by atoms with Crippen LogP contribution in [-0.2, 0) is 10.2 Å². The van der Waals surface area contributed by atoms with Gasteiger partial charge in [-0.15, -0.1) is 0 Å². The van der Waals surface area contributed by atoms with E-state index in [1.54, 1.807) is 36.4 Å². The van der Waals surface area contributed by atoms with Crippen LogP contribution in [0.4, 0.5) is 5.69 Å². The van der Waals surface area contributed by atoms with Gasteiger partial charge in [0.2, 0.25) is 0 Å². The molecule has 1 saturated heterocycles. The van der Waals surface area contributed by atoms with Gasteiger partial charge in [0.1, 0.15) is 5.82 Å². The highest BCUT2D eigenvalue weighted by atomic mass is 35.5. The summed E-state index contributed by atoms with van der Waals surface area (Å²) in [5.74, 6) is 0.347. The van der Waals surface area contributed by atoms with E-state index in [1.807, 2.05) is 13.0 Å². The zero-order chi connectivity index (χ0) is 20.6. The lowest BCUT2D eigenvalue weighted by atomic mass is 10.1. The number of halogens is 1. The summed E-state index contributed by atoms with van der Waals surface area (Å²) in [5, 5.41) is 3.50. The van der Waals surface area contributed by atoms with Gasteiger partial charge >= 0.3 is 10.2 Å². The number of hydrogen-bond donors (Lipinski definition) is 3. The fourth-order valence-corrected chi connectivity index (χ4v) is 4.72. The molecule has 2 heterocycles. The van der Waals surface area contributed by atoms with Gasteiger partial charge in [-0.05, 0) is 55.8 Å². The van der Waals surface area contributed by atoms with Crippen LogP contribution in [0.15, 0.2) is 42.5 Å². The molecule has 1 aliphatic heterocycles. The smallest absolute Gasteiger partial charge is 0.301 e. The number of rotatable bonds is 4. The molecule has 10 heteroatoms. The van der Waals surface area contributed by atoms with Gasteiger partial charge in [-0.25, -0.2) is 4.98 Å². The van der Waals surface area contributed by atoms with Crippen LogP contribution in [0.25, 0.3) is 11.0 Å². The Labute approximate surface area is 173 Å². The highest BCUT2D eigenvalue weighted by Gasteiger charge is 2.25. The SMILES string of the molecule is C[C@H](NC(=O)c1ccc(N2CCCNS2(=O)=O)cc1)c1nc2ccc(Cl)cc2[nH]1. The summed E-state index contributed by atoms with van der Waals surface area (Å²) in [6.07, 6.45) is 0.724. The number of H-pyrrole nitrogens is 1. The number of benzene rings is 2. The van der Waals surface area contributed by atoms with Gasteiger partial charge in [0.25, 0.3) is 5.91 Å². The van der Waals surface area contributed by atoms with Crippen LogP contribution >= 0.6 is 11.6 Å². The Hall–Kier alpha value is -2.62. The fourth-order valence-electron chi connectivity index (χ4n) is 3.22. The van der Waals surface area contributed by atoms with Gasteiger partial charge < -0.3 is 10.3 Å². The molecule has 0 spiro atoms. The first kappa shape index (κ1) is 19.7. The molecule has 3 aromatic rings. The summed E-state index contributed by atoms with van der Waals surface area (Å²) >= 11 is 6.00. The molecule has 1 atom stereocenters. The van der Waals surface area contributed by atoms with E-state index in [9.17, 15) is 13.2 Å². The van der Waals surface area contributed by atoms with Crippen molar-refractivity contribution in [2.24, 2.45) is 0 Å². The molecule has 0 unspecified atom stereocenters. The van der Waals surface area contributed by atoms with Gasteiger partial charge in [0.05, 0.1) is 22.8 Å². The van der Waals surface area contributed by atoms with Crippen LogP contribution in [0.3, 0.4) is 0 Å². The molecule has 8 nitrogen and oxygen atoms in total. The molecule has 0 bridgehead atoms. The van der Waals surface area contributed by atoms with Crippen molar-refractivity contribution in [3.05, 3.63) is 58.9 Å². The molecular formula is C19H20ClN5O3S. The molecule has 1 amide bonds. The second-order valence-electron chi connectivity index (χ2n) is 6.85. The highest BCUT2D eigenvalue weighted by molar-refractivity contribution is 7.90. The van der Waals surface area contributed by atoms with Gasteiger partial charge in [-0.3, -0.25) is 9.10 Å². The van der Waals surface area contributed by atoms with Crippen molar-refractivity contribution in [1.82, 2.24) is 20.0 Å². The number of imidazole rings is 1. The van der Waals surface area contributed by atoms with Crippen LogP contribution in [0.5, 0.6) is 0 Å². The van der Waals surface area contributed by atoms with Crippen LogP contribution in [0, 0.1) is 0 Å². The Morgan fingerprint density at radius 2 is 2.00 bits per heavy atom. The monoisotopic (exact) mass is 433 g/mol. The Bertz CT molecular complexity index is 1160. The van der Waals surface area contributed by atoms with Crippen molar-refractivity contribution < 1.29 is 13.2 Å². The number of fused-ring (bicyclic) bond motifs is 1. The van der Waals surface area contributed by atoms with Crippen molar-refractivity contribution in [2.45, 2.75) is 19.4 Å². The van der Waals surface area contributed by atoms with E-state index in [0.29, 0.717) is 35.2 Å². The van der Waals surface area contributed by atoms with Gasteiger partial charge in [-0.1, -0.05) is 11.6 Å². The number of carbonyl (C=O) groups excluding carboxylic acids is 1. The minimum Gasteiger partial charge on any atom is -0.342 e. The molecule has 3 N–H and O–H groups in total. The second kappa shape index (κ2) is 7.66. The summed E-state index contributed by atoms with van der Waals surface area (Å²) in [6.45, 7) is 2.68. The van der Waals surface area contributed by atoms with Crippen LogP contribution in [0.2, 0.25) is 5.02 Å². The highest BCUT2D eigenvalue weighted by Crippen LogP contribution is 2.22. The molecule has 1 aromatic heterocycles. The normalized spacial score (nSPS) is 17.2. The summed E-state index contributed by atoms with van der Waals surface area (Å²) < 4.78 is 28.0. The Morgan fingerprint density at radius 3 is 2.72 bits per heavy atom. The van der Waals surface area contributed by atoms with E-state index < -0.39 is 10.2 Å². The molecule has 29 heavy (non-hydrogen) atoms. The average molecular weight is 434 g/mol. The Morgan fingerprint density at radius 1 is 1.24 bits per heavy atom. The molecule has 2 aromatic carbocycles. The van der Waals surface area contributed by atoms with Gasteiger partial charge in [-0.2, -0.15) is 13.1 Å². The van der Waals surface area contributed by atoms with E-state index in [4.69, 9.17) is 11.6 Å². The van der Waals surface area contributed by atoms with Crippen molar-refractivity contribution in [3.63, 3.8) is 0 Å². The lowest BCUT2D eigenvalue weighted by Gasteiger charge is -2.28.